The van der Waals surface area contributed by atoms with Crippen LogP contribution in [0.3, 0.4) is 0 Å². The first-order valence-electron chi connectivity index (χ1n) is 14.2. The van der Waals surface area contributed by atoms with Gasteiger partial charge in [-0.05, 0) is 40.3 Å². The van der Waals surface area contributed by atoms with Crippen LogP contribution in [0.1, 0.15) is 102 Å². The summed E-state index contributed by atoms with van der Waals surface area (Å²) >= 11 is 0. The van der Waals surface area contributed by atoms with Gasteiger partial charge >= 0.3 is 5.97 Å². The van der Waals surface area contributed by atoms with Gasteiger partial charge in [-0.3, -0.25) is 14.5 Å². The molecule has 1 heterocycles. The number of hydrogen-bond donors (Lipinski definition) is 1. The summed E-state index contributed by atoms with van der Waals surface area (Å²) in [7, 11) is 0. The summed E-state index contributed by atoms with van der Waals surface area (Å²) in [5.74, 6) is -0.655. The van der Waals surface area contributed by atoms with E-state index in [1.54, 1.807) is 4.90 Å². The minimum Gasteiger partial charge on any atom is -0.481 e. The summed E-state index contributed by atoms with van der Waals surface area (Å²) in [6.07, 6.45) is 21.9. The largest absolute Gasteiger partial charge is 0.481 e. The third-order valence-electron chi connectivity index (χ3n) is 7.20. The average molecular weight is 502 g/mol. The van der Waals surface area contributed by atoms with Crippen molar-refractivity contribution in [3.8, 4) is 0 Å². The fourth-order valence-electron chi connectivity index (χ4n) is 5.14. The van der Waals surface area contributed by atoms with Crippen molar-refractivity contribution in [2.45, 2.75) is 96.8 Å². The smallest absolute Gasteiger partial charge is 0.303 e. The predicted molar refractivity (Wildman–Crippen MR) is 157 cm³/mol. The molecule has 0 saturated heterocycles. The lowest BCUT2D eigenvalue weighted by Crippen LogP contribution is -2.15. The zero-order chi connectivity index (χ0) is 26.3. The zero-order valence-electron chi connectivity index (χ0n) is 22.5. The number of anilines is 1. The van der Waals surface area contributed by atoms with Crippen LogP contribution >= 0.6 is 0 Å². The van der Waals surface area contributed by atoms with Gasteiger partial charge in [0, 0.05) is 18.0 Å². The average Bonchev–Trinajstić information content (AvgIpc) is 2.92. The van der Waals surface area contributed by atoms with Crippen molar-refractivity contribution < 1.29 is 14.7 Å². The first kappa shape index (κ1) is 28.4. The summed E-state index contributed by atoms with van der Waals surface area (Å²) in [6.45, 7) is 2.26. The Labute approximate surface area is 222 Å². The molecule has 1 amide bonds. The maximum absolute atomic E-state index is 11.2. The van der Waals surface area contributed by atoms with E-state index in [1.807, 2.05) is 24.4 Å². The van der Waals surface area contributed by atoms with E-state index in [-0.39, 0.29) is 0 Å². The minimum absolute atomic E-state index is 0.345. The van der Waals surface area contributed by atoms with Crippen LogP contribution in [-0.2, 0) is 9.59 Å². The highest BCUT2D eigenvalue weighted by Crippen LogP contribution is 2.38. The van der Waals surface area contributed by atoms with E-state index >= 15 is 0 Å². The van der Waals surface area contributed by atoms with Crippen LogP contribution in [0.5, 0.6) is 0 Å². The predicted octanol–water partition coefficient (Wildman–Crippen LogP) is 9.49. The molecule has 1 aliphatic heterocycles. The van der Waals surface area contributed by atoms with Gasteiger partial charge in [0.05, 0.1) is 5.69 Å². The van der Waals surface area contributed by atoms with Crippen LogP contribution in [-0.4, -0.2) is 17.5 Å². The lowest BCUT2D eigenvalue weighted by atomic mass is 9.95. The van der Waals surface area contributed by atoms with Crippen molar-refractivity contribution >= 4 is 45.7 Å². The number of carbonyl (C=O) groups excluding carboxylic acids is 1. The molecule has 0 aliphatic carbocycles. The number of hydrogen-bond acceptors (Lipinski definition) is 2. The third-order valence-corrected chi connectivity index (χ3v) is 7.20. The Morgan fingerprint density at radius 2 is 1.38 bits per heavy atom. The molecule has 1 aliphatic rings. The molecule has 3 aromatic carbocycles. The number of benzene rings is 3. The SMILES string of the molecule is CCCCCCCCCCCCCCCC(=O)O.O=CN1C=Cc2cccc3c2c1cc1ccccc13. The topological polar surface area (TPSA) is 57.6 Å². The summed E-state index contributed by atoms with van der Waals surface area (Å²) in [6, 6.07) is 16.6. The van der Waals surface area contributed by atoms with Crippen LogP contribution in [0.4, 0.5) is 5.69 Å². The molecule has 4 nitrogen and oxygen atoms in total. The van der Waals surface area contributed by atoms with Gasteiger partial charge in [0.15, 0.2) is 0 Å². The van der Waals surface area contributed by atoms with E-state index in [1.165, 1.54) is 81.4 Å². The highest BCUT2D eigenvalue weighted by atomic mass is 16.4. The van der Waals surface area contributed by atoms with Gasteiger partial charge in [0.25, 0.3) is 0 Å². The van der Waals surface area contributed by atoms with Crippen LogP contribution in [0.25, 0.3) is 27.6 Å². The number of carboxylic acid groups (broad SMARTS) is 1. The maximum Gasteiger partial charge on any atom is 0.303 e. The number of aliphatic carboxylic acids is 1. The molecule has 0 unspecified atom stereocenters. The van der Waals surface area contributed by atoms with Crippen molar-refractivity contribution in [2.24, 2.45) is 0 Å². The molecule has 37 heavy (non-hydrogen) atoms. The minimum atomic E-state index is -0.655. The number of rotatable bonds is 15. The van der Waals surface area contributed by atoms with Crippen LogP contribution in [0.15, 0.2) is 54.7 Å². The lowest BCUT2D eigenvalue weighted by molar-refractivity contribution is -0.137. The Bertz CT molecular complexity index is 1170. The fourth-order valence-corrected chi connectivity index (χ4v) is 5.14. The highest BCUT2D eigenvalue weighted by molar-refractivity contribution is 6.18. The second kappa shape index (κ2) is 15.9. The Kier molecular flexibility index (Phi) is 12.2. The molecular weight excluding hydrogens is 458 g/mol. The van der Waals surface area contributed by atoms with Gasteiger partial charge < -0.3 is 5.11 Å². The quantitative estimate of drug-likeness (QED) is 0.128. The van der Waals surface area contributed by atoms with Crippen LogP contribution in [0.2, 0.25) is 0 Å². The lowest BCUT2D eigenvalue weighted by Gasteiger charge is -2.22. The molecule has 0 spiro atoms. The van der Waals surface area contributed by atoms with Gasteiger partial charge in [-0.25, -0.2) is 0 Å². The first-order chi connectivity index (χ1) is 18.2. The number of carbonyl (C=O) groups is 2. The van der Waals surface area contributed by atoms with E-state index < -0.39 is 5.97 Å². The normalized spacial score (nSPS) is 12.0. The number of nitrogens with zero attached hydrogens (tertiary/aromatic N) is 1. The molecular formula is C33H43NO3. The standard InChI is InChI=1S/C17H11NO.C16H32O2/c19-11-18-9-8-12-5-3-7-15-14-6-2-1-4-13(14)10-16(18)17(12)15;1-2-3-4-5-6-7-8-9-10-11-12-13-14-15-16(17)18/h1-11H;2-15H2,1H3,(H,17,18). The number of fused-ring (bicyclic) bond motifs is 2. The van der Waals surface area contributed by atoms with Gasteiger partial charge in [-0.1, -0.05) is 126 Å². The molecule has 0 radical (unpaired) electrons. The summed E-state index contributed by atoms with van der Waals surface area (Å²) in [4.78, 5) is 23.2. The number of carboxylic acids is 1. The van der Waals surface area contributed by atoms with Crippen molar-refractivity contribution in [3.05, 3.63) is 60.3 Å². The van der Waals surface area contributed by atoms with Crippen molar-refractivity contribution in [2.75, 3.05) is 4.90 Å². The molecule has 0 atom stereocenters. The molecule has 0 aromatic heterocycles. The second-order valence-electron chi connectivity index (χ2n) is 10.1. The summed E-state index contributed by atoms with van der Waals surface area (Å²) in [5, 5.41) is 13.2. The van der Waals surface area contributed by atoms with Gasteiger partial charge in [-0.15, -0.1) is 0 Å². The van der Waals surface area contributed by atoms with E-state index in [2.05, 4.69) is 43.3 Å². The van der Waals surface area contributed by atoms with Crippen LogP contribution in [0, 0.1) is 0 Å². The molecule has 198 valence electrons. The zero-order valence-corrected chi connectivity index (χ0v) is 22.5. The molecule has 1 N–H and O–H groups in total. The van der Waals surface area contributed by atoms with E-state index in [9.17, 15) is 9.59 Å². The first-order valence-corrected chi connectivity index (χ1v) is 14.2. The van der Waals surface area contributed by atoms with E-state index in [0.29, 0.717) is 6.42 Å². The maximum atomic E-state index is 11.2. The van der Waals surface area contributed by atoms with Gasteiger partial charge in [-0.2, -0.15) is 0 Å². The molecule has 3 aromatic rings. The molecule has 0 fully saturated rings. The second-order valence-corrected chi connectivity index (χ2v) is 10.1. The Hall–Kier alpha value is -3.14. The Balaban J connectivity index is 0.000000206. The fraction of sp³-hybridized carbons (Fsp3) is 0.455. The third kappa shape index (κ3) is 8.73. The molecule has 0 bridgehead atoms. The Morgan fingerprint density at radius 3 is 2.00 bits per heavy atom. The van der Waals surface area contributed by atoms with E-state index in [4.69, 9.17) is 5.11 Å². The van der Waals surface area contributed by atoms with Gasteiger partial charge in [0.2, 0.25) is 6.41 Å². The van der Waals surface area contributed by atoms with Crippen molar-refractivity contribution in [3.63, 3.8) is 0 Å². The summed E-state index contributed by atoms with van der Waals surface area (Å²) in [5.41, 5.74) is 2.12. The number of amides is 1. The van der Waals surface area contributed by atoms with Crippen LogP contribution < -0.4 is 4.90 Å². The molecule has 4 heteroatoms. The Morgan fingerprint density at radius 1 is 0.784 bits per heavy atom. The highest BCUT2D eigenvalue weighted by Gasteiger charge is 2.16. The van der Waals surface area contributed by atoms with Crippen molar-refractivity contribution in [1.29, 1.82) is 0 Å². The number of unbranched alkanes of at least 4 members (excludes halogenated alkanes) is 12. The molecule has 4 rings (SSSR count). The van der Waals surface area contributed by atoms with Gasteiger partial charge in [0.1, 0.15) is 0 Å². The summed E-state index contributed by atoms with van der Waals surface area (Å²) < 4.78 is 0. The molecule has 0 saturated carbocycles. The van der Waals surface area contributed by atoms with E-state index in [0.717, 1.165) is 41.3 Å². The monoisotopic (exact) mass is 501 g/mol. The van der Waals surface area contributed by atoms with Crippen molar-refractivity contribution in [1.82, 2.24) is 0 Å².